The van der Waals surface area contributed by atoms with Crippen molar-refractivity contribution in [3.05, 3.63) is 11.9 Å². The second-order valence-corrected chi connectivity index (χ2v) is 5.56. The van der Waals surface area contributed by atoms with Crippen LogP contribution < -0.4 is 0 Å². The molecule has 1 aliphatic carbocycles. The zero-order chi connectivity index (χ0) is 13.2. The lowest BCUT2D eigenvalue weighted by molar-refractivity contribution is -0.0790. The van der Waals surface area contributed by atoms with E-state index in [0.29, 0.717) is 12.0 Å². The Morgan fingerprint density at radius 3 is 3.11 bits per heavy atom. The van der Waals surface area contributed by atoms with E-state index < -0.39 is 0 Å². The summed E-state index contributed by atoms with van der Waals surface area (Å²) in [6, 6.07) is 0.467. The summed E-state index contributed by atoms with van der Waals surface area (Å²) in [4.78, 5) is 2.38. The van der Waals surface area contributed by atoms with Crippen LogP contribution in [0.3, 0.4) is 0 Å². The minimum Gasteiger partial charge on any atom is -0.395 e. The number of fused-ring (bicyclic) bond motifs is 1. The fourth-order valence-electron chi connectivity index (χ4n) is 3.45. The fraction of sp³-hybridized carbons (Fsp3) is 0.846. The standard InChI is InChI=1S/C13H22N4O2/c1-10-8-14-15-17(10)9-11-2-3-12-13(11)19-7-5-16(12)4-6-18/h8,11-13,18H,2-7,9H2,1H3/t11-,12-,13+/m0/s1. The van der Waals surface area contributed by atoms with E-state index in [2.05, 4.69) is 15.2 Å². The maximum atomic E-state index is 9.14. The van der Waals surface area contributed by atoms with Crippen molar-refractivity contribution in [2.24, 2.45) is 5.92 Å². The lowest BCUT2D eigenvalue weighted by atomic mass is 10.0. The summed E-state index contributed by atoms with van der Waals surface area (Å²) in [7, 11) is 0. The normalized spacial score (nSPS) is 31.6. The topological polar surface area (TPSA) is 63.4 Å². The van der Waals surface area contributed by atoms with E-state index in [-0.39, 0.29) is 12.7 Å². The smallest absolute Gasteiger partial charge is 0.0776 e. The van der Waals surface area contributed by atoms with Gasteiger partial charge in [-0.2, -0.15) is 0 Å². The van der Waals surface area contributed by atoms with Crippen molar-refractivity contribution < 1.29 is 9.84 Å². The summed E-state index contributed by atoms with van der Waals surface area (Å²) in [5, 5.41) is 17.2. The fourth-order valence-corrected chi connectivity index (χ4v) is 3.45. The van der Waals surface area contributed by atoms with Gasteiger partial charge in [-0.3, -0.25) is 4.90 Å². The van der Waals surface area contributed by atoms with Gasteiger partial charge < -0.3 is 9.84 Å². The number of β-amino-alcohol motifs (C(OH)–C–C–N with tert-alkyl or cyclic N) is 1. The van der Waals surface area contributed by atoms with Gasteiger partial charge in [0, 0.05) is 31.6 Å². The van der Waals surface area contributed by atoms with Crippen molar-refractivity contribution in [1.82, 2.24) is 19.9 Å². The van der Waals surface area contributed by atoms with Gasteiger partial charge >= 0.3 is 0 Å². The molecule has 1 saturated carbocycles. The van der Waals surface area contributed by atoms with Crippen LogP contribution in [-0.2, 0) is 11.3 Å². The molecule has 0 radical (unpaired) electrons. The Kier molecular flexibility index (Phi) is 3.81. The van der Waals surface area contributed by atoms with Crippen LogP contribution in [-0.4, -0.2) is 63.4 Å². The van der Waals surface area contributed by atoms with E-state index >= 15 is 0 Å². The molecule has 6 nitrogen and oxygen atoms in total. The molecule has 3 rings (SSSR count). The Balaban J connectivity index is 1.67. The summed E-state index contributed by atoms with van der Waals surface area (Å²) in [5.41, 5.74) is 1.10. The van der Waals surface area contributed by atoms with Gasteiger partial charge in [-0.05, 0) is 19.8 Å². The maximum absolute atomic E-state index is 9.14. The number of ether oxygens (including phenoxy) is 1. The van der Waals surface area contributed by atoms with Gasteiger partial charge in [0.2, 0.25) is 0 Å². The molecule has 2 heterocycles. The van der Waals surface area contributed by atoms with E-state index in [9.17, 15) is 0 Å². The van der Waals surface area contributed by atoms with Gasteiger partial charge in [-0.15, -0.1) is 5.10 Å². The molecule has 0 unspecified atom stereocenters. The summed E-state index contributed by atoms with van der Waals surface area (Å²) >= 11 is 0. The summed E-state index contributed by atoms with van der Waals surface area (Å²) in [5.74, 6) is 0.506. The first-order valence-electron chi connectivity index (χ1n) is 7.11. The van der Waals surface area contributed by atoms with Gasteiger partial charge in [-0.1, -0.05) is 5.21 Å². The number of aliphatic hydroxyl groups excluding tert-OH is 1. The van der Waals surface area contributed by atoms with Crippen molar-refractivity contribution >= 4 is 0 Å². The Bertz CT molecular complexity index is 421. The lowest BCUT2D eigenvalue weighted by Gasteiger charge is -2.39. The molecule has 19 heavy (non-hydrogen) atoms. The first-order chi connectivity index (χ1) is 9.29. The number of aromatic nitrogens is 3. The van der Waals surface area contributed by atoms with Crippen LogP contribution in [0, 0.1) is 12.8 Å². The van der Waals surface area contributed by atoms with E-state index in [1.54, 1.807) is 6.20 Å². The predicted octanol–water partition coefficient (Wildman–Crippen LogP) is 0.0582. The number of hydrogen-bond donors (Lipinski definition) is 1. The number of aliphatic hydroxyl groups is 1. The number of morpholine rings is 1. The lowest BCUT2D eigenvalue weighted by Crippen LogP contribution is -2.51. The Morgan fingerprint density at radius 1 is 1.47 bits per heavy atom. The molecule has 1 aromatic rings. The number of nitrogens with zero attached hydrogens (tertiary/aromatic N) is 4. The Hall–Kier alpha value is -0.980. The highest BCUT2D eigenvalue weighted by Gasteiger charge is 2.42. The highest BCUT2D eigenvalue weighted by Crippen LogP contribution is 2.35. The summed E-state index contributed by atoms with van der Waals surface area (Å²) < 4.78 is 7.97. The molecule has 6 heteroatoms. The largest absolute Gasteiger partial charge is 0.395 e. The molecule has 1 aromatic heterocycles. The van der Waals surface area contributed by atoms with Crippen LogP contribution in [0.4, 0.5) is 0 Å². The molecule has 2 aliphatic rings. The zero-order valence-electron chi connectivity index (χ0n) is 11.4. The number of hydrogen-bond acceptors (Lipinski definition) is 5. The van der Waals surface area contributed by atoms with Gasteiger partial charge in [-0.25, -0.2) is 4.68 Å². The SMILES string of the molecule is Cc1cnnn1C[C@@H]1CC[C@H]2[C@@H]1OCCN2CCO. The quantitative estimate of drug-likeness (QED) is 0.835. The van der Waals surface area contributed by atoms with E-state index in [1.807, 2.05) is 11.6 Å². The van der Waals surface area contributed by atoms with Crippen molar-refractivity contribution in [3.8, 4) is 0 Å². The van der Waals surface area contributed by atoms with E-state index in [4.69, 9.17) is 9.84 Å². The number of aryl methyl sites for hydroxylation is 1. The van der Waals surface area contributed by atoms with Gasteiger partial charge in [0.25, 0.3) is 0 Å². The van der Waals surface area contributed by atoms with Gasteiger partial charge in [0.1, 0.15) is 0 Å². The molecule has 3 atom stereocenters. The van der Waals surface area contributed by atoms with Crippen molar-refractivity contribution in [2.75, 3.05) is 26.3 Å². The second-order valence-electron chi connectivity index (χ2n) is 5.56. The van der Waals surface area contributed by atoms with Crippen LogP contribution in [0.1, 0.15) is 18.5 Å². The average Bonchev–Trinajstić information content (AvgIpc) is 2.99. The molecule has 1 saturated heterocycles. The van der Waals surface area contributed by atoms with Crippen LogP contribution >= 0.6 is 0 Å². The molecule has 1 N–H and O–H groups in total. The van der Waals surface area contributed by atoms with Crippen LogP contribution in [0.2, 0.25) is 0 Å². The monoisotopic (exact) mass is 266 g/mol. The Morgan fingerprint density at radius 2 is 2.37 bits per heavy atom. The first kappa shape index (κ1) is 13.0. The molecule has 0 spiro atoms. The molecule has 0 amide bonds. The third-order valence-electron chi connectivity index (χ3n) is 4.44. The second kappa shape index (κ2) is 5.56. The van der Waals surface area contributed by atoms with E-state index in [0.717, 1.165) is 44.8 Å². The Labute approximate surface area is 113 Å². The third kappa shape index (κ3) is 2.52. The van der Waals surface area contributed by atoms with E-state index in [1.165, 1.54) is 0 Å². The van der Waals surface area contributed by atoms with Crippen LogP contribution in [0.15, 0.2) is 6.20 Å². The third-order valence-corrected chi connectivity index (χ3v) is 4.44. The summed E-state index contributed by atoms with van der Waals surface area (Å²) in [6.07, 6.45) is 4.40. The molecular weight excluding hydrogens is 244 g/mol. The van der Waals surface area contributed by atoms with Crippen molar-refractivity contribution in [1.29, 1.82) is 0 Å². The van der Waals surface area contributed by atoms with Crippen molar-refractivity contribution in [2.45, 2.75) is 38.5 Å². The molecule has 0 aromatic carbocycles. The minimum atomic E-state index is 0.232. The molecule has 1 aliphatic heterocycles. The van der Waals surface area contributed by atoms with Crippen LogP contribution in [0.25, 0.3) is 0 Å². The van der Waals surface area contributed by atoms with Gasteiger partial charge in [0.05, 0.1) is 31.2 Å². The summed E-state index contributed by atoms with van der Waals surface area (Å²) in [6.45, 7) is 5.63. The molecule has 0 bridgehead atoms. The highest BCUT2D eigenvalue weighted by molar-refractivity contribution is 4.96. The average molecular weight is 266 g/mol. The molecule has 106 valence electrons. The molecular formula is C13H22N4O2. The number of rotatable bonds is 4. The maximum Gasteiger partial charge on any atom is 0.0776 e. The van der Waals surface area contributed by atoms with Crippen LogP contribution in [0.5, 0.6) is 0 Å². The molecule has 2 fully saturated rings. The van der Waals surface area contributed by atoms with Gasteiger partial charge in [0.15, 0.2) is 0 Å². The first-order valence-corrected chi connectivity index (χ1v) is 7.11. The minimum absolute atomic E-state index is 0.232. The highest BCUT2D eigenvalue weighted by atomic mass is 16.5. The zero-order valence-corrected chi connectivity index (χ0v) is 11.4. The van der Waals surface area contributed by atoms with Crippen molar-refractivity contribution in [3.63, 3.8) is 0 Å². The predicted molar refractivity (Wildman–Crippen MR) is 69.7 cm³/mol.